The van der Waals surface area contributed by atoms with Crippen LogP contribution in [0.25, 0.3) is 0 Å². The number of urea groups is 1. The lowest BCUT2D eigenvalue weighted by molar-refractivity contribution is 0.0936. The van der Waals surface area contributed by atoms with E-state index in [-0.39, 0.29) is 24.0 Å². The molecular formula is C23H30N4O2. The maximum absolute atomic E-state index is 12.7. The van der Waals surface area contributed by atoms with Crippen molar-refractivity contribution >= 4 is 17.6 Å². The van der Waals surface area contributed by atoms with Gasteiger partial charge in [0.25, 0.3) is 5.91 Å². The highest BCUT2D eigenvalue weighted by molar-refractivity contribution is 5.97. The van der Waals surface area contributed by atoms with Gasteiger partial charge in [0, 0.05) is 42.5 Å². The lowest BCUT2D eigenvalue weighted by Crippen LogP contribution is -2.37. The Kier molecular flexibility index (Phi) is 6.88. The molecule has 2 atom stereocenters. The normalized spacial score (nSPS) is 17.7. The zero-order chi connectivity index (χ0) is 20.8. The Labute approximate surface area is 172 Å². The van der Waals surface area contributed by atoms with E-state index in [0.29, 0.717) is 17.3 Å². The molecule has 29 heavy (non-hydrogen) atoms. The second-order valence-corrected chi connectivity index (χ2v) is 7.87. The number of amides is 3. The van der Waals surface area contributed by atoms with Gasteiger partial charge in [-0.1, -0.05) is 36.4 Å². The maximum atomic E-state index is 12.7. The summed E-state index contributed by atoms with van der Waals surface area (Å²) in [6, 6.07) is 17.7. The second kappa shape index (κ2) is 9.56. The molecule has 0 spiro atoms. The number of anilines is 1. The van der Waals surface area contributed by atoms with Crippen LogP contribution >= 0.6 is 0 Å². The van der Waals surface area contributed by atoms with Crippen LogP contribution in [0.4, 0.5) is 10.5 Å². The summed E-state index contributed by atoms with van der Waals surface area (Å²) in [5.41, 5.74) is 2.43. The van der Waals surface area contributed by atoms with Crippen LogP contribution in [0, 0.1) is 0 Å². The minimum Gasteiger partial charge on any atom is -0.348 e. The first-order chi connectivity index (χ1) is 13.9. The molecule has 0 bridgehead atoms. The van der Waals surface area contributed by atoms with Gasteiger partial charge >= 0.3 is 6.03 Å². The number of nitrogens with zero attached hydrogens (tertiary/aromatic N) is 1. The van der Waals surface area contributed by atoms with Gasteiger partial charge in [-0.25, -0.2) is 4.79 Å². The van der Waals surface area contributed by atoms with Gasteiger partial charge in [-0.05, 0) is 51.0 Å². The van der Waals surface area contributed by atoms with Crippen LogP contribution in [0.3, 0.4) is 0 Å². The van der Waals surface area contributed by atoms with E-state index in [1.165, 1.54) is 5.56 Å². The van der Waals surface area contributed by atoms with Gasteiger partial charge in [-0.15, -0.1) is 0 Å². The first kappa shape index (κ1) is 20.9. The predicted molar refractivity (Wildman–Crippen MR) is 116 cm³/mol. The van der Waals surface area contributed by atoms with Crippen LogP contribution in [-0.2, 0) is 0 Å². The van der Waals surface area contributed by atoms with Crippen LogP contribution in [0.15, 0.2) is 54.6 Å². The van der Waals surface area contributed by atoms with Gasteiger partial charge in [0.05, 0.1) is 0 Å². The van der Waals surface area contributed by atoms with Crippen molar-refractivity contribution < 1.29 is 9.59 Å². The molecule has 3 amide bonds. The molecule has 3 rings (SSSR count). The monoisotopic (exact) mass is 394 g/mol. The number of benzene rings is 2. The minimum absolute atomic E-state index is 0.0464. The van der Waals surface area contributed by atoms with Crippen LogP contribution in [0.5, 0.6) is 0 Å². The smallest absolute Gasteiger partial charge is 0.319 e. The Morgan fingerprint density at radius 2 is 1.79 bits per heavy atom. The fraction of sp³-hybridized carbons (Fsp3) is 0.391. The molecule has 2 aromatic rings. The Balaban J connectivity index is 1.55. The van der Waals surface area contributed by atoms with E-state index in [1.54, 1.807) is 24.3 Å². The lowest BCUT2D eigenvalue weighted by atomic mass is 10.1. The van der Waals surface area contributed by atoms with Gasteiger partial charge in [-0.2, -0.15) is 0 Å². The highest BCUT2D eigenvalue weighted by Crippen LogP contribution is 2.24. The molecular weight excluding hydrogens is 364 g/mol. The van der Waals surface area contributed by atoms with Crippen molar-refractivity contribution in [3.63, 3.8) is 0 Å². The van der Waals surface area contributed by atoms with Crippen LogP contribution in [0.2, 0.25) is 0 Å². The molecule has 1 fully saturated rings. The highest BCUT2D eigenvalue weighted by Gasteiger charge is 2.28. The van der Waals surface area contributed by atoms with Crippen molar-refractivity contribution in [3.8, 4) is 0 Å². The van der Waals surface area contributed by atoms with Crippen molar-refractivity contribution in [1.82, 2.24) is 15.5 Å². The molecule has 1 aliphatic rings. The topological polar surface area (TPSA) is 73.5 Å². The zero-order valence-corrected chi connectivity index (χ0v) is 17.3. The fourth-order valence-corrected chi connectivity index (χ4v) is 3.64. The molecule has 1 aliphatic heterocycles. The van der Waals surface area contributed by atoms with E-state index in [1.807, 2.05) is 19.9 Å². The summed E-state index contributed by atoms with van der Waals surface area (Å²) in [6.07, 6.45) is 0.928. The van der Waals surface area contributed by atoms with Crippen LogP contribution < -0.4 is 16.0 Å². The van der Waals surface area contributed by atoms with E-state index < -0.39 is 0 Å². The zero-order valence-electron chi connectivity index (χ0n) is 17.3. The van der Waals surface area contributed by atoms with Gasteiger partial charge < -0.3 is 16.0 Å². The van der Waals surface area contributed by atoms with Crippen LogP contribution in [0.1, 0.15) is 49.2 Å². The molecule has 2 unspecified atom stereocenters. The quantitative estimate of drug-likeness (QED) is 0.698. The average molecular weight is 395 g/mol. The number of carbonyl (C=O) groups excluding carboxylic acids is 2. The Morgan fingerprint density at radius 1 is 1.03 bits per heavy atom. The number of hydrogen-bond acceptors (Lipinski definition) is 3. The molecule has 0 saturated carbocycles. The molecule has 1 saturated heterocycles. The molecule has 3 N–H and O–H groups in total. The number of hydrogen-bond donors (Lipinski definition) is 3. The molecule has 154 valence electrons. The van der Waals surface area contributed by atoms with Crippen molar-refractivity contribution in [2.75, 3.05) is 18.4 Å². The Morgan fingerprint density at radius 3 is 2.52 bits per heavy atom. The highest BCUT2D eigenvalue weighted by atomic mass is 16.2. The van der Waals surface area contributed by atoms with Gasteiger partial charge in [0.1, 0.15) is 0 Å². The van der Waals surface area contributed by atoms with Gasteiger partial charge in [-0.3, -0.25) is 9.69 Å². The molecule has 0 aliphatic carbocycles. The number of nitrogens with one attached hydrogen (secondary N) is 3. The molecule has 0 radical (unpaired) electrons. The molecule has 6 nitrogen and oxygen atoms in total. The Bertz CT molecular complexity index is 838. The summed E-state index contributed by atoms with van der Waals surface area (Å²) < 4.78 is 0. The van der Waals surface area contributed by atoms with Crippen molar-refractivity contribution in [2.24, 2.45) is 0 Å². The molecule has 0 aromatic heterocycles. The Hall–Kier alpha value is -2.86. The SMILES string of the molecule is CC(C)NC(=O)Nc1cccc(C(=O)NC2CCN(C(C)c3ccccc3)C2)c1. The lowest BCUT2D eigenvalue weighted by Gasteiger charge is -2.24. The standard InChI is InChI=1S/C23H30N4O2/c1-16(2)24-23(29)26-20-11-7-10-19(14-20)22(28)25-21-12-13-27(15-21)17(3)18-8-5-4-6-9-18/h4-11,14,16-17,21H,12-13,15H2,1-3H3,(H,25,28)(H2,24,26,29). The largest absolute Gasteiger partial charge is 0.348 e. The summed E-state index contributed by atoms with van der Waals surface area (Å²) in [7, 11) is 0. The van der Waals surface area contributed by atoms with Crippen LogP contribution in [-0.4, -0.2) is 42.0 Å². The summed E-state index contributed by atoms with van der Waals surface area (Å²) in [5, 5.41) is 8.67. The summed E-state index contributed by atoms with van der Waals surface area (Å²) >= 11 is 0. The van der Waals surface area contributed by atoms with E-state index in [4.69, 9.17) is 0 Å². The van der Waals surface area contributed by atoms with Crippen molar-refractivity contribution in [2.45, 2.75) is 45.3 Å². The third-order valence-corrected chi connectivity index (χ3v) is 5.19. The average Bonchev–Trinajstić information content (AvgIpc) is 3.16. The molecule has 6 heteroatoms. The number of carbonyl (C=O) groups is 2. The minimum atomic E-state index is -0.279. The summed E-state index contributed by atoms with van der Waals surface area (Å²) in [5.74, 6) is -0.114. The molecule has 1 heterocycles. The van der Waals surface area contributed by atoms with E-state index in [0.717, 1.165) is 19.5 Å². The molecule has 2 aromatic carbocycles. The number of likely N-dealkylation sites (tertiary alicyclic amines) is 1. The first-order valence-electron chi connectivity index (χ1n) is 10.2. The van der Waals surface area contributed by atoms with E-state index in [2.05, 4.69) is 52.0 Å². The van der Waals surface area contributed by atoms with Gasteiger partial charge in [0.15, 0.2) is 0 Å². The second-order valence-electron chi connectivity index (χ2n) is 7.87. The van der Waals surface area contributed by atoms with Crippen molar-refractivity contribution in [3.05, 3.63) is 65.7 Å². The van der Waals surface area contributed by atoms with Gasteiger partial charge in [0.2, 0.25) is 0 Å². The fourth-order valence-electron chi connectivity index (χ4n) is 3.64. The maximum Gasteiger partial charge on any atom is 0.319 e. The third kappa shape index (κ3) is 5.81. The van der Waals surface area contributed by atoms with E-state index >= 15 is 0 Å². The summed E-state index contributed by atoms with van der Waals surface area (Å²) in [6.45, 7) is 7.78. The van der Waals surface area contributed by atoms with Crippen molar-refractivity contribution in [1.29, 1.82) is 0 Å². The summed E-state index contributed by atoms with van der Waals surface area (Å²) in [4.78, 5) is 27.0. The van der Waals surface area contributed by atoms with E-state index in [9.17, 15) is 9.59 Å². The number of rotatable bonds is 6. The third-order valence-electron chi connectivity index (χ3n) is 5.19. The predicted octanol–water partition coefficient (Wildman–Crippen LogP) is 3.78. The first-order valence-corrected chi connectivity index (χ1v) is 10.2.